The largest absolute Gasteiger partial charge is 0.368 e. The molecule has 108 valence electrons. The van der Waals surface area contributed by atoms with Crippen molar-refractivity contribution in [2.45, 2.75) is 32.2 Å². The fourth-order valence-corrected chi connectivity index (χ4v) is 3.99. The Labute approximate surface area is 129 Å². The molecule has 1 unspecified atom stereocenters. The van der Waals surface area contributed by atoms with Gasteiger partial charge in [-0.05, 0) is 60.4 Å². The monoisotopic (exact) mass is 336 g/mol. The van der Waals surface area contributed by atoms with Crippen LogP contribution < -0.4 is 4.90 Å². The van der Waals surface area contributed by atoms with Crippen LogP contribution in [-0.4, -0.2) is 42.9 Å². The number of Topliss-reactive ketones (excluding diaryl/α,β-unsaturated/α-hetero) is 1. The number of hydrogen-bond donors (Lipinski definition) is 0. The minimum absolute atomic E-state index is 0.120. The van der Waals surface area contributed by atoms with Crippen molar-refractivity contribution in [2.75, 3.05) is 31.1 Å². The summed E-state index contributed by atoms with van der Waals surface area (Å²) in [5.74, 6) is 0.120. The lowest BCUT2D eigenvalue weighted by Crippen LogP contribution is -2.55. The van der Waals surface area contributed by atoms with Gasteiger partial charge in [0.15, 0.2) is 5.78 Å². The van der Waals surface area contributed by atoms with Gasteiger partial charge in [-0.15, -0.1) is 0 Å². The van der Waals surface area contributed by atoms with Crippen LogP contribution in [0.5, 0.6) is 0 Å². The molecule has 4 heteroatoms. The molecule has 20 heavy (non-hydrogen) atoms. The molecule has 1 aromatic rings. The van der Waals surface area contributed by atoms with Crippen molar-refractivity contribution in [1.29, 1.82) is 0 Å². The van der Waals surface area contributed by atoms with Gasteiger partial charge in [0.05, 0.1) is 5.69 Å². The summed E-state index contributed by atoms with van der Waals surface area (Å²) in [6.07, 6.45) is 4.03. The molecule has 3 rings (SSSR count). The predicted molar refractivity (Wildman–Crippen MR) is 85.6 cm³/mol. The third-order valence-corrected chi connectivity index (χ3v) is 5.17. The molecule has 0 bridgehead atoms. The zero-order valence-corrected chi connectivity index (χ0v) is 13.5. The molecule has 2 fully saturated rings. The minimum atomic E-state index is 0.120. The highest BCUT2D eigenvalue weighted by atomic mass is 79.9. The maximum absolute atomic E-state index is 11.4. The molecule has 2 saturated heterocycles. The molecule has 0 N–H and O–H groups in total. The van der Waals surface area contributed by atoms with Crippen LogP contribution in [0.1, 0.15) is 36.5 Å². The zero-order valence-electron chi connectivity index (χ0n) is 11.9. The molecule has 2 aliphatic rings. The van der Waals surface area contributed by atoms with E-state index in [2.05, 4.69) is 31.8 Å². The van der Waals surface area contributed by atoms with E-state index in [1.807, 2.05) is 12.1 Å². The smallest absolute Gasteiger partial charge is 0.159 e. The van der Waals surface area contributed by atoms with Crippen molar-refractivity contribution in [2.24, 2.45) is 0 Å². The van der Waals surface area contributed by atoms with Crippen LogP contribution in [0.25, 0.3) is 0 Å². The number of piperazine rings is 1. The number of halogens is 1. The van der Waals surface area contributed by atoms with Crippen LogP contribution in [0.3, 0.4) is 0 Å². The highest BCUT2D eigenvalue weighted by Crippen LogP contribution is 2.31. The number of carbonyl (C=O) groups is 1. The van der Waals surface area contributed by atoms with Crippen LogP contribution in [0.15, 0.2) is 22.7 Å². The van der Waals surface area contributed by atoms with Crippen molar-refractivity contribution >= 4 is 27.4 Å². The third-order valence-electron chi connectivity index (χ3n) is 4.53. The number of benzene rings is 1. The standard InChI is InChI=1S/C16H21BrN2O/c1-12(20)13-5-6-16(15(17)10-13)19-9-8-18-7-3-2-4-14(18)11-19/h5-6,10,14H,2-4,7-9,11H2,1H3. The summed E-state index contributed by atoms with van der Waals surface area (Å²) < 4.78 is 1.04. The van der Waals surface area contributed by atoms with Gasteiger partial charge >= 0.3 is 0 Å². The van der Waals surface area contributed by atoms with Crippen molar-refractivity contribution in [3.63, 3.8) is 0 Å². The zero-order chi connectivity index (χ0) is 14.1. The van der Waals surface area contributed by atoms with Gasteiger partial charge in [0.1, 0.15) is 0 Å². The first-order valence-corrected chi connectivity index (χ1v) is 8.24. The Morgan fingerprint density at radius 2 is 2.10 bits per heavy atom. The van der Waals surface area contributed by atoms with Crippen molar-refractivity contribution in [3.05, 3.63) is 28.2 Å². The molecule has 2 heterocycles. The van der Waals surface area contributed by atoms with E-state index in [-0.39, 0.29) is 5.78 Å². The second-order valence-electron chi connectivity index (χ2n) is 5.85. The Hall–Kier alpha value is -0.870. The van der Waals surface area contributed by atoms with Crippen molar-refractivity contribution in [1.82, 2.24) is 4.90 Å². The van der Waals surface area contributed by atoms with E-state index < -0.39 is 0 Å². The highest BCUT2D eigenvalue weighted by Gasteiger charge is 2.29. The first kappa shape index (κ1) is 14.1. The van der Waals surface area contributed by atoms with Crippen LogP contribution in [0, 0.1) is 0 Å². The van der Waals surface area contributed by atoms with Gasteiger partial charge in [-0.1, -0.05) is 6.42 Å². The van der Waals surface area contributed by atoms with E-state index in [0.29, 0.717) is 6.04 Å². The number of ketones is 1. The summed E-state index contributed by atoms with van der Waals surface area (Å²) in [7, 11) is 0. The Bertz CT molecular complexity index is 517. The highest BCUT2D eigenvalue weighted by molar-refractivity contribution is 9.10. The topological polar surface area (TPSA) is 23.6 Å². The molecule has 1 aromatic carbocycles. The predicted octanol–water partition coefficient (Wildman–Crippen LogP) is 3.33. The number of nitrogens with zero attached hydrogens (tertiary/aromatic N) is 2. The van der Waals surface area contributed by atoms with E-state index in [4.69, 9.17) is 0 Å². The Morgan fingerprint density at radius 1 is 1.25 bits per heavy atom. The van der Waals surface area contributed by atoms with E-state index in [1.54, 1.807) is 6.92 Å². The molecule has 0 amide bonds. The molecule has 0 aromatic heterocycles. The maximum atomic E-state index is 11.4. The van der Waals surface area contributed by atoms with Gasteiger partial charge < -0.3 is 4.90 Å². The van der Waals surface area contributed by atoms with E-state index in [9.17, 15) is 4.79 Å². The lowest BCUT2D eigenvalue weighted by Gasteiger charge is -2.45. The van der Waals surface area contributed by atoms with Gasteiger partial charge in [-0.2, -0.15) is 0 Å². The summed E-state index contributed by atoms with van der Waals surface area (Å²) in [6, 6.07) is 6.68. The van der Waals surface area contributed by atoms with Gasteiger partial charge in [0.2, 0.25) is 0 Å². The summed E-state index contributed by atoms with van der Waals surface area (Å²) >= 11 is 3.63. The van der Waals surface area contributed by atoms with Crippen LogP contribution in [0.2, 0.25) is 0 Å². The van der Waals surface area contributed by atoms with Crippen LogP contribution >= 0.6 is 15.9 Å². The van der Waals surface area contributed by atoms with E-state index >= 15 is 0 Å². The summed E-state index contributed by atoms with van der Waals surface area (Å²) in [5.41, 5.74) is 2.00. The van der Waals surface area contributed by atoms with Crippen LogP contribution in [0.4, 0.5) is 5.69 Å². The number of carbonyl (C=O) groups excluding carboxylic acids is 1. The SMILES string of the molecule is CC(=O)c1ccc(N2CCN3CCCCC3C2)c(Br)c1. The Kier molecular flexibility index (Phi) is 4.13. The quantitative estimate of drug-likeness (QED) is 0.774. The molecular formula is C16H21BrN2O. The summed E-state index contributed by atoms with van der Waals surface area (Å²) in [6.45, 7) is 6.23. The molecule has 3 nitrogen and oxygen atoms in total. The fourth-order valence-electron chi connectivity index (χ4n) is 3.36. The molecule has 0 saturated carbocycles. The second kappa shape index (κ2) is 5.86. The van der Waals surface area contributed by atoms with Gasteiger partial charge in [0, 0.05) is 35.7 Å². The Balaban J connectivity index is 1.78. The first-order valence-electron chi connectivity index (χ1n) is 7.44. The van der Waals surface area contributed by atoms with E-state index in [1.165, 1.54) is 31.5 Å². The van der Waals surface area contributed by atoms with E-state index in [0.717, 1.165) is 29.7 Å². The number of anilines is 1. The fraction of sp³-hybridized carbons (Fsp3) is 0.562. The molecule has 1 atom stereocenters. The average molecular weight is 337 g/mol. The normalized spacial score (nSPS) is 23.5. The second-order valence-corrected chi connectivity index (χ2v) is 6.71. The number of hydrogen-bond acceptors (Lipinski definition) is 3. The molecular weight excluding hydrogens is 316 g/mol. The minimum Gasteiger partial charge on any atom is -0.368 e. The van der Waals surface area contributed by atoms with Gasteiger partial charge in [-0.3, -0.25) is 9.69 Å². The lowest BCUT2D eigenvalue weighted by atomic mass is 9.99. The molecule has 2 aliphatic heterocycles. The van der Waals surface area contributed by atoms with Gasteiger partial charge in [-0.25, -0.2) is 0 Å². The molecule has 0 aliphatic carbocycles. The molecule has 0 spiro atoms. The van der Waals surface area contributed by atoms with Gasteiger partial charge in [0.25, 0.3) is 0 Å². The average Bonchev–Trinajstić information content (AvgIpc) is 2.46. The van der Waals surface area contributed by atoms with Crippen molar-refractivity contribution < 1.29 is 4.79 Å². The van der Waals surface area contributed by atoms with Crippen molar-refractivity contribution in [3.8, 4) is 0 Å². The first-order chi connectivity index (χ1) is 9.65. The summed E-state index contributed by atoms with van der Waals surface area (Å²) in [4.78, 5) is 16.5. The number of rotatable bonds is 2. The third kappa shape index (κ3) is 2.77. The maximum Gasteiger partial charge on any atom is 0.159 e. The van der Waals surface area contributed by atoms with Crippen LogP contribution in [-0.2, 0) is 0 Å². The number of fused-ring (bicyclic) bond motifs is 1. The summed E-state index contributed by atoms with van der Waals surface area (Å²) in [5, 5.41) is 0. The lowest BCUT2D eigenvalue weighted by molar-refractivity contribution is 0.101. The molecule has 0 radical (unpaired) electrons. The number of piperidine rings is 1. The Morgan fingerprint density at radius 3 is 2.85 bits per heavy atom.